The third-order valence-corrected chi connectivity index (χ3v) is 4.66. The van der Waals surface area contributed by atoms with Crippen molar-refractivity contribution in [2.45, 2.75) is 44.9 Å². The second-order valence-corrected chi connectivity index (χ2v) is 6.86. The number of hydrogen-bond acceptors (Lipinski definition) is 6. The van der Waals surface area contributed by atoms with Crippen LogP contribution in [0.25, 0.3) is 0 Å². The predicted octanol–water partition coefficient (Wildman–Crippen LogP) is 4.27. The van der Waals surface area contributed by atoms with E-state index in [1.54, 1.807) is 24.4 Å². The Hall–Kier alpha value is -3.09. The Balaban J connectivity index is 2.03. The fraction of sp³-hybridized carbons (Fsp3) is 0.409. The maximum absolute atomic E-state index is 12.6. The van der Waals surface area contributed by atoms with Crippen LogP contribution < -0.4 is 10.1 Å². The Morgan fingerprint density at radius 1 is 1.41 bits per heavy atom. The first-order valence-corrected chi connectivity index (χ1v) is 9.60. The molecule has 0 fully saturated rings. The lowest BCUT2D eigenvalue weighted by atomic mass is 9.81. The summed E-state index contributed by atoms with van der Waals surface area (Å²) >= 11 is 0. The van der Waals surface area contributed by atoms with E-state index in [1.807, 2.05) is 6.07 Å². The number of carbonyl (C=O) groups is 2. The van der Waals surface area contributed by atoms with Crippen molar-refractivity contribution in [1.82, 2.24) is 0 Å². The Kier molecular flexibility index (Phi) is 8.45. The smallest absolute Gasteiger partial charge is 0.221 e. The number of allylic oxidation sites excluding steroid dienone is 2. The first-order valence-electron chi connectivity index (χ1n) is 9.60. The molecule has 0 bridgehead atoms. The summed E-state index contributed by atoms with van der Waals surface area (Å²) in [5, 5.41) is 17.0. The Morgan fingerprint density at radius 2 is 2.21 bits per heavy atom. The number of ketones is 1. The highest BCUT2D eigenvalue weighted by Gasteiger charge is 2.28. The molecule has 1 aliphatic carbocycles. The molecule has 1 atom stereocenters. The molecule has 1 amide bonds. The average Bonchev–Trinajstić information content (AvgIpc) is 2.68. The summed E-state index contributed by atoms with van der Waals surface area (Å²) in [6, 6.07) is 5.42. The van der Waals surface area contributed by atoms with Gasteiger partial charge in [-0.2, -0.15) is 0 Å². The minimum absolute atomic E-state index is 0.0458. The number of aliphatic hydroxyl groups is 1. The minimum Gasteiger partial charge on any atom is -0.512 e. The van der Waals surface area contributed by atoms with E-state index in [4.69, 9.17) is 9.57 Å². The zero-order valence-corrected chi connectivity index (χ0v) is 16.9. The van der Waals surface area contributed by atoms with Crippen LogP contribution in [0, 0.1) is 0 Å². The number of methoxy groups -OCH3 is 1. The van der Waals surface area contributed by atoms with Gasteiger partial charge in [-0.05, 0) is 42.9 Å². The van der Waals surface area contributed by atoms with E-state index in [1.165, 1.54) is 14.0 Å². The van der Waals surface area contributed by atoms with Gasteiger partial charge in [-0.15, -0.1) is 0 Å². The van der Waals surface area contributed by atoms with Gasteiger partial charge < -0.3 is 20.0 Å². The number of hydrogen-bond donors (Lipinski definition) is 2. The maximum Gasteiger partial charge on any atom is 0.221 e. The van der Waals surface area contributed by atoms with Crippen molar-refractivity contribution in [2.75, 3.05) is 19.0 Å². The SMILES string of the molecule is C=CCON=CCCCC1=C(O)CC(c2ccc(OC)c(NC(C)=O)c2)CC1=O. The van der Waals surface area contributed by atoms with Crippen LogP contribution in [0.15, 0.2) is 47.3 Å². The van der Waals surface area contributed by atoms with Gasteiger partial charge in [0.15, 0.2) is 5.78 Å². The lowest BCUT2D eigenvalue weighted by Crippen LogP contribution is -2.19. The van der Waals surface area contributed by atoms with E-state index in [2.05, 4.69) is 17.1 Å². The number of ether oxygens (including phenoxy) is 1. The van der Waals surface area contributed by atoms with Crippen LogP contribution in [-0.4, -0.2) is 36.7 Å². The summed E-state index contributed by atoms with van der Waals surface area (Å²) in [7, 11) is 1.53. The number of benzene rings is 1. The summed E-state index contributed by atoms with van der Waals surface area (Å²) in [5.74, 6) is 0.297. The van der Waals surface area contributed by atoms with Crippen LogP contribution in [0.5, 0.6) is 5.75 Å². The van der Waals surface area contributed by atoms with Gasteiger partial charge in [0.05, 0.1) is 18.6 Å². The molecule has 2 rings (SSSR count). The van der Waals surface area contributed by atoms with Gasteiger partial charge >= 0.3 is 0 Å². The van der Waals surface area contributed by atoms with Gasteiger partial charge in [-0.3, -0.25) is 9.59 Å². The second-order valence-electron chi connectivity index (χ2n) is 6.86. The molecule has 0 aromatic heterocycles. The van der Waals surface area contributed by atoms with E-state index in [0.717, 1.165) is 5.56 Å². The van der Waals surface area contributed by atoms with Crippen LogP contribution in [0.4, 0.5) is 5.69 Å². The molecule has 156 valence electrons. The van der Waals surface area contributed by atoms with Gasteiger partial charge in [-0.25, -0.2) is 0 Å². The van der Waals surface area contributed by atoms with Crippen LogP contribution in [-0.2, 0) is 14.4 Å². The van der Waals surface area contributed by atoms with Crippen molar-refractivity contribution in [3.05, 3.63) is 47.7 Å². The average molecular weight is 400 g/mol. The number of Topliss-reactive ketones (excluding diaryl/α,β-unsaturated/α-hetero) is 1. The second kappa shape index (κ2) is 11.0. The van der Waals surface area contributed by atoms with Gasteiger partial charge in [-0.1, -0.05) is 23.9 Å². The first kappa shape index (κ1) is 22.2. The fourth-order valence-electron chi connectivity index (χ4n) is 3.29. The van der Waals surface area contributed by atoms with E-state index >= 15 is 0 Å². The van der Waals surface area contributed by atoms with E-state index < -0.39 is 0 Å². The molecule has 2 N–H and O–H groups in total. The number of amides is 1. The molecule has 0 aliphatic heterocycles. The van der Waals surface area contributed by atoms with Crippen LogP contribution in [0.3, 0.4) is 0 Å². The number of rotatable bonds is 10. The molecule has 1 aromatic rings. The van der Waals surface area contributed by atoms with E-state index in [0.29, 0.717) is 55.7 Å². The molecule has 1 unspecified atom stereocenters. The number of carbonyl (C=O) groups excluding carboxylic acids is 2. The lowest BCUT2D eigenvalue weighted by Gasteiger charge is -2.24. The molecule has 0 saturated carbocycles. The molecule has 0 spiro atoms. The van der Waals surface area contributed by atoms with Crippen LogP contribution in [0.2, 0.25) is 0 Å². The van der Waals surface area contributed by atoms with Gasteiger partial charge in [0.1, 0.15) is 12.4 Å². The molecular formula is C22H28N2O5. The summed E-state index contributed by atoms with van der Waals surface area (Å²) in [4.78, 5) is 28.9. The Labute approximate surface area is 171 Å². The normalized spacial score (nSPS) is 16.8. The molecule has 0 saturated heterocycles. The number of nitrogens with zero attached hydrogens (tertiary/aromatic N) is 1. The van der Waals surface area contributed by atoms with Gasteiger partial charge in [0.25, 0.3) is 0 Å². The van der Waals surface area contributed by atoms with Crippen molar-refractivity contribution in [3.63, 3.8) is 0 Å². The molecule has 1 aliphatic rings. The molecule has 7 heteroatoms. The van der Waals surface area contributed by atoms with Crippen molar-refractivity contribution < 1.29 is 24.3 Å². The third kappa shape index (κ3) is 6.48. The van der Waals surface area contributed by atoms with Crippen LogP contribution >= 0.6 is 0 Å². The third-order valence-electron chi connectivity index (χ3n) is 4.66. The monoisotopic (exact) mass is 400 g/mol. The van der Waals surface area contributed by atoms with Crippen molar-refractivity contribution in [3.8, 4) is 5.75 Å². The number of anilines is 1. The summed E-state index contributed by atoms with van der Waals surface area (Å²) in [5.41, 5.74) is 1.93. The lowest BCUT2D eigenvalue weighted by molar-refractivity contribution is -0.117. The van der Waals surface area contributed by atoms with Crippen molar-refractivity contribution in [2.24, 2.45) is 5.16 Å². The summed E-state index contributed by atoms with van der Waals surface area (Å²) in [6.07, 6.45) is 5.84. The Bertz CT molecular complexity index is 813. The topological polar surface area (TPSA) is 97.2 Å². The molecule has 1 aromatic carbocycles. The van der Waals surface area contributed by atoms with Crippen LogP contribution in [0.1, 0.15) is 50.5 Å². The number of unbranched alkanes of at least 4 members (excludes halogenated alkanes) is 1. The predicted molar refractivity (Wildman–Crippen MR) is 112 cm³/mol. The first-order chi connectivity index (χ1) is 14.0. The highest BCUT2D eigenvalue weighted by molar-refractivity contribution is 5.97. The number of aliphatic hydroxyl groups excluding tert-OH is 1. The zero-order valence-electron chi connectivity index (χ0n) is 16.9. The van der Waals surface area contributed by atoms with E-state index in [-0.39, 0.29) is 23.4 Å². The Morgan fingerprint density at radius 3 is 2.86 bits per heavy atom. The highest BCUT2D eigenvalue weighted by Crippen LogP contribution is 2.37. The van der Waals surface area contributed by atoms with Gasteiger partial charge in [0, 0.05) is 31.6 Å². The van der Waals surface area contributed by atoms with Crippen molar-refractivity contribution >= 4 is 23.6 Å². The number of nitrogens with one attached hydrogen (secondary N) is 1. The quantitative estimate of drug-likeness (QED) is 0.265. The molecule has 7 nitrogen and oxygen atoms in total. The van der Waals surface area contributed by atoms with Crippen molar-refractivity contribution in [1.29, 1.82) is 0 Å². The minimum atomic E-state index is -0.205. The zero-order chi connectivity index (χ0) is 21.2. The summed E-state index contributed by atoms with van der Waals surface area (Å²) in [6.45, 7) is 5.31. The largest absolute Gasteiger partial charge is 0.512 e. The summed E-state index contributed by atoms with van der Waals surface area (Å²) < 4.78 is 5.27. The fourth-order valence-corrected chi connectivity index (χ4v) is 3.29. The molecular weight excluding hydrogens is 372 g/mol. The van der Waals surface area contributed by atoms with E-state index in [9.17, 15) is 14.7 Å². The molecule has 0 radical (unpaired) electrons. The maximum atomic E-state index is 12.6. The van der Waals surface area contributed by atoms with Gasteiger partial charge in [0.2, 0.25) is 5.91 Å². The molecule has 0 heterocycles. The molecule has 29 heavy (non-hydrogen) atoms. The highest BCUT2D eigenvalue weighted by atomic mass is 16.6. The number of oxime groups is 1. The standard InChI is InChI=1S/C22H28N2O5/c1-4-11-29-23-10-6-5-7-18-20(26)13-17(14-21(18)27)16-8-9-22(28-3)19(12-16)24-15(2)25/h4,8-10,12,17,26H,1,5-7,11,13-14H2,2-3H3,(H,24,25).